The third-order valence-electron chi connectivity index (χ3n) is 7.54. The molecule has 0 bridgehead atoms. The Kier molecular flexibility index (Phi) is 7.65. The van der Waals surface area contributed by atoms with Crippen molar-refractivity contribution in [2.24, 2.45) is 0 Å². The van der Waals surface area contributed by atoms with Gasteiger partial charge in [-0.15, -0.1) is 0 Å². The molecular formula is C31H36N6O2. The van der Waals surface area contributed by atoms with Crippen molar-refractivity contribution in [2.45, 2.75) is 64.5 Å². The SMILES string of the molecule is CCCc1c(Cc2ccc(-c3ccccc3C#N)cc2)c(=O)n(C2CCN(CC(C)(C)O)CC2)c2ncnn12. The van der Waals surface area contributed by atoms with Gasteiger partial charge >= 0.3 is 0 Å². The summed E-state index contributed by atoms with van der Waals surface area (Å²) in [5.41, 5.74) is 4.51. The maximum absolute atomic E-state index is 14.2. The summed E-state index contributed by atoms with van der Waals surface area (Å²) in [6, 6.07) is 18.0. The lowest BCUT2D eigenvalue weighted by atomic mass is 9.96. The summed E-state index contributed by atoms with van der Waals surface area (Å²) < 4.78 is 3.72. The Morgan fingerprint density at radius 3 is 2.49 bits per heavy atom. The van der Waals surface area contributed by atoms with Crippen molar-refractivity contribution in [1.82, 2.24) is 24.1 Å². The summed E-state index contributed by atoms with van der Waals surface area (Å²) in [6.07, 6.45) is 5.31. The van der Waals surface area contributed by atoms with Gasteiger partial charge in [0.05, 0.1) is 22.9 Å². The van der Waals surface area contributed by atoms with Gasteiger partial charge in [0, 0.05) is 37.7 Å². The average molecular weight is 525 g/mol. The topological polar surface area (TPSA) is 99.5 Å². The average Bonchev–Trinajstić information content (AvgIpc) is 3.40. The predicted molar refractivity (Wildman–Crippen MR) is 152 cm³/mol. The van der Waals surface area contributed by atoms with Crippen molar-refractivity contribution in [1.29, 1.82) is 5.26 Å². The molecule has 2 aromatic heterocycles. The molecule has 0 amide bonds. The lowest BCUT2D eigenvalue weighted by Gasteiger charge is -2.36. The Hall–Kier alpha value is -3.80. The largest absolute Gasteiger partial charge is 0.389 e. The molecule has 1 fully saturated rings. The Labute approximate surface area is 229 Å². The van der Waals surface area contributed by atoms with E-state index in [1.165, 1.54) is 0 Å². The highest BCUT2D eigenvalue weighted by atomic mass is 16.3. The number of hydrogen-bond donors (Lipinski definition) is 1. The first-order chi connectivity index (χ1) is 18.8. The summed E-state index contributed by atoms with van der Waals surface area (Å²) >= 11 is 0. The van der Waals surface area contributed by atoms with Crippen LogP contribution in [0.15, 0.2) is 59.7 Å². The van der Waals surface area contributed by atoms with Crippen LogP contribution in [0.2, 0.25) is 0 Å². The van der Waals surface area contributed by atoms with Crippen LogP contribution in [-0.2, 0) is 12.8 Å². The van der Waals surface area contributed by atoms with Crippen LogP contribution >= 0.6 is 0 Å². The smallest absolute Gasteiger partial charge is 0.259 e. The maximum atomic E-state index is 14.2. The number of rotatable bonds is 8. The molecule has 5 rings (SSSR count). The van der Waals surface area contributed by atoms with Gasteiger partial charge in [-0.05, 0) is 55.9 Å². The van der Waals surface area contributed by atoms with Gasteiger partial charge in [-0.2, -0.15) is 15.3 Å². The van der Waals surface area contributed by atoms with Crippen molar-refractivity contribution < 1.29 is 5.11 Å². The van der Waals surface area contributed by atoms with Gasteiger partial charge in [0.2, 0.25) is 5.78 Å². The highest BCUT2D eigenvalue weighted by Gasteiger charge is 2.28. The molecule has 1 N–H and O–H groups in total. The van der Waals surface area contributed by atoms with Gasteiger partial charge < -0.3 is 10.0 Å². The first kappa shape index (κ1) is 26.8. The Morgan fingerprint density at radius 1 is 1.10 bits per heavy atom. The number of aryl methyl sites for hydroxylation is 1. The van der Waals surface area contributed by atoms with Gasteiger partial charge in [0.15, 0.2) is 0 Å². The zero-order chi connectivity index (χ0) is 27.6. The molecule has 0 saturated carbocycles. The standard InChI is InChI=1S/C31H36N6O2/c1-4-7-28-27(18-22-10-12-23(13-11-22)26-9-6-5-8-24(26)19-32)29(38)36(30-33-21-34-37(28)30)25-14-16-35(17-15-25)20-31(2,3)39/h5-6,8-13,21,25,39H,4,7,14-18,20H2,1-3H3. The molecule has 1 aliphatic rings. The van der Waals surface area contributed by atoms with Crippen LogP contribution in [0.4, 0.5) is 0 Å². The third-order valence-corrected chi connectivity index (χ3v) is 7.54. The Morgan fingerprint density at radius 2 is 1.82 bits per heavy atom. The van der Waals surface area contributed by atoms with E-state index in [0.29, 0.717) is 24.3 Å². The molecule has 8 heteroatoms. The molecule has 3 heterocycles. The van der Waals surface area contributed by atoms with Crippen LogP contribution in [0.25, 0.3) is 16.9 Å². The first-order valence-electron chi connectivity index (χ1n) is 13.8. The minimum absolute atomic E-state index is 0.0128. The number of benzene rings is 2. The van der Waals surface area contributed by atoms with Crippen molar-refractivity contribution in [2.75, 3.05) is 19.6 Å². The van der Waals surface area contributed by atoms with E-state index in [0.717, 1.165) is 66.7 Å². The molecule has 0 unspecified atom stereocenters. The zero-order valence-corrected chi connectivity index (χ0v) is 23.0. The molecule has 1 saturated heterocycles. The van der Waals surface area contributed by atoms with E-state index in [1.54, 1.807) is 6.33 Å². The fraction of sp³-hybridized carbons (Fsp3) is 0.419. The highest BCUT2D eigenvalue weighted by Crippen LogP contribution is 2.27. The van der Waals surface area contributed by atoms with Crippen LogP contribution in [0.3, 0.4) is 0 Å². The molecular weight excluding hydrogens is 488 g/mol. The number of β-amino-alcohol motifs (C(OH)–C–C–N with tert-alkyl or cyclic N) is 1. The lowest BCUT2D eigenvalue weighted by molar-refractivity contribution is 0.0251. The zero-order valence-electron chi connectivity index (χ0n) is 23.0. The fourth-order valence-electron chi connectivity index (χ4n) is 5.80. The Balaban J connectivity index is 1.49. The van der Waals surface area contributed by atoms with Gasteiger partial charge in [0.25, 0.3) is 5.56 Å². The summed E-state index contributed by atoms with van der Waals surface area (Å²) in [6.45, 7) is 8.02. The maximum Gasteiger partial charge on any atom is 0.259 e. The molecule has 0 atom stereocenters. The molecule has 2 aromatic carbocycles. The number of aliphatic hydroxyl groups is 1. The van der Waals surface area contributed by atoms with Crippen molar-refractivity contribution >= 4 is 5.78 Å². The molecule has 0 radical (unpaired) electrons. The first-order valence-corrected chi connectivity index (χ1v) is 13.8. The molecule has 0 aliphatic carbocycles. The minimum atomic E-state index is -0.745. The van der Waals surface area contributed by atoms with E-state index < -0.39 is 5.60 Å². The van der Waals surface area contributed by atoms with Crippen LogP contribution in [0, 0.1) is 11.3 Å². The quantitative estimate of drug-likeness (QED) is 0.367. The van der Waals surface area contributed by atoms with E-state index in [2.05, 4.69) is 28.0 Å². The minimum Gasteiger partial charge on any atom is -0.389 e. The lowest BCUT2D eigenvalue weighted by Crippen LogP contribution is -2.44. The fourth-order valence-corrected chi connectivity index (χ4v) is 5.80. The molecule has 0 spiro atoms. The van der Waals surface area contributed by atoms with Gasteiger partial charge in [0.1, 0.15) is 6.33 Å². The van der Waals surface area contributed by atoms with E-state index in [9.17, 15) is 15.2 Å². The Bertz CT molecular complexity index is 1550. The van der Waals surface area contributed by atoms with Crippen molar-refractivity contribution in [3.8, 4) is 17.2 Å². The summed E-state index contributed by atoms with van der Waals surface area (Å²) in [5, 5.41) is 24.3. The van der Waals surface area contributed by atoms with E-state index in [1.807, 2.05) is 71.5 Å². The molecule has 4 aromatic rings. The van der Waals surface area contributed by atoms with Gasteiger partial charge in [-0.1, -0.05) is 55.8 Å². The van der Waals surface area contributed by atoms with E-state index in [-0.39, 0.29) is 11.6 Å². The number of likely N-dealkylation sites (tertiary alicyclic amines) is 1. The van der Waals surface area contributed by atoms with E-state index >= 15 is 0 Å². The van der Waals surface area contributed by atoms with Crippen LogP contribution in [0.1, 0.15) is 68.5 Å². The molecule has 202 valence electrons. The third kappa shape index (κ3) is 5.65. The second-order valence-electron chi connectivity index (χ2n) is 11.2. The number of nitrogens with zero attached hydrogens (tertiary/aromatic N) is 6. The van der Waals surface area contributed by atoms with Crippen molar-refractivity contribution in [3.05, 3.63) is 87.6 Å². The number of aromatic nitrogens is 4. The normalized spacial score (nSPS) is 15.1. The number of fused-ring (bicyclic) bond motifs is 1. The van der Waals surface area contributed by atoms with E-state index in [4.69, 9.17) is 0 Å². The molecule has 39 heavy (non-hydrogen) atoms. The number of piperidine rings is 1. The highest BCUT2D eigenvalue weighted by molar-refractivity contribution is 5.70. The number of hydrogen-bond acceptors (Lipinski definition) is 6. The van der Waals surface area contributed by atoms with Crippen molar-refractivity contribution in [3.63, 3.8) is 0 Å². The second kappa shape index (κ2) is 11.1. The number of nitriles is 1. The molecule has 8 nitrogen and oxygen atoms in total. The summed E-state index contributed by atoms with van der Waals surface area (Å²) in [5.74, 6) is 0.608. The van der Waals surface area contributed by atoms with Gasteiger partial charge in [-0.25, -0.2) is 4.52 Å². The van der Waals surface area contributed by atoms with Crippen LogP contribution in [-0.4, -0.2) is 54.4 Å². The summed E-state index contributed by atoms with van der Waals surface area (Å²) in [4.78, 5) is 20.9. The predicted octanol–water partition coefficient (Wildman–Crippen LogP) is 4.38. The summed E-state index contributed by atoms with van der Waals surface area (Å²) in [7, 11) is 0. The second-order valence-corrected chi connectivity index (χ2v) is 11.2. The van der Waals surface area contributed by atoms with Gasteiger partial charge in [-0.3, -0.25) is 9.36 Å². The monoisotopic (exact) mass is 524 g/mol. The van der Waals surface area contributed by atoms with Crippen LogP contribution in [0.5, 0.6) is 0 Å². The van der Waals surface area contributed by atoms with Crippen LogP contribution < -0.4 is 5.56 Å². The molecule has 1 aliphatic heterocycles.